The fourth-order valence-electron chi connectivity index (χ4n) is 3.08. The first kappa shape index (κ1) is 29.0. The molecule has 7 nitrogen and oxygen atoms in total. The number of nitrogens with zero attached hydrogens (tertiary/aromatic N) is 2. The highest BCUT2D eigenvalue weighted by atomic mass is 16.7. The number of amides is 3. The van der Waals surface area contributed by atoms with Gasteiger partial charge in [-0.25, -0.2) is 4.79 Å². The zero-order valence-corrected chi connectivity index (χ0v) is 21.0. The van der Waals surface area contributed by atoms with E-state index in [1.54, 1.807) is 17.1 Å². The van der Waals surface area contributed by atoms with Crippen LogP contribution in [0.2, 0.25) is 0 Å². The molecule has 3 amide bonds. The van der Waals surface area contributed by atoms with Crippen LogP contribution in [0.4, 0.5) is 5.69 Å². The first-order chi connectivity index (χ1) is 16.9. The Labute approximate surface area is 207 Å². The highest BCUT2D eigenvalue weighted by Gasteiger charge is 2.28. The molecule has 0 N–H and O–H groups in total. The summed E-state index contributed by atoms with van der Waals surface area (Å²) in [4.78, 5) is 54.4. The van der Waals surface area contributed by atoms with Crippen molar-refractivity contribution in [2.75, 3.05) is 11.4 Å². The van der Waals surface area contributed by atoms with Gasteiger partial charge in [-0.05, 0) is 22.8 Å². The lowest BCUT2D eigenvalue weighted by Gasteiger charge is -2.27. The number of para-hydroxylation sites is 1. The molecule has 186 valence electrons. The molecule has 1 aromatic carbocycles. The number of imide groups is 1. The van der Waals surface area contributed by atoms with Gasteiger partial charge in [0.2, 0.25) is 5.91 Å². The van der Waals surface area contributed by atoms with Crippen molar-refractivity contribution >= 4 is 35.5 Å². The minimum absolute atomic E-state index is 0.158. The predicted octanol–water partition coefficient (Wildman–Crippen LogP) is 5.32. The lowest BCUT2D eigenvalue weighted by molar-refractivity contribution is -0.196. The fourth-order valence-corrected chi connectivity index (χ4v) is 3.08. The number of fused-ring (bicyclic) bond motifs is 1. The smallest absolute Gasteiger partial charge is 0.330 e. The van der Waals surface area contributed by atoms with Crippen LogP contribution in [0.15, 0.2) is 78.9 Å². The third-order valence-corrected chi connectivity index (χ3v) is 4.64. The Morgan fingerprint density at radius 3 is 2.11 bits per heavy atom. The zero-order chi connectivity index (χ0) is 26.4. The molecule has 2 aliphatic heterocycles. The summed E-state index contributed by atoms with van der Waals surface area (Å²) >= 11 is 0. The van der Waals surface area contributed by atoms with Crippen LogP contribution in [-0.2, 0) is 24.0 Å². The van der Waals surface area contributed by atoms with Crippen LogP contribution in [0, 0.1) is 0 Å². The van der Waals surface area contributed by atoms with E-state index in [9.17, 15) is 19.2 Å². The van der Waals surface area contributed by atoms with E-state index in [0.717, 1.165) is 28.9 Å². The fraction of sp³-hybridized carbons (Fsp3) is 0.286. The molecule has 0 atom stereocenters. The van der Waals surface area contributed by atoms with Crippen molar-refractivity contribution in [3.63, 3.8) is 0 Å². The molecule has 3 rings (SSSR count). The van der Waals surface area contributed by atoms with Crippen molar-refractivity contribution in [1.82, 2.24) is 5.06 Å². The SMILES string of the molecule is C=CC1=C(\C=C)CN(C(=O)CCC(=O)ON2C(=O)C=CC2=O)c2ccccc2/C=C\1.CC.CCC. The van der Waals surface area contributed by atoms with E-state index >= 15 is 0 Å². The monoisotopic (exact) mass is 478 g/mol. The Morgan fingerprint density at radius 1 is 0.943 bits per heavy atom. The number of hydrogen-bond acceptors (Lipinski definition) is 5. The second-order valence-electron chi connectivity index (χ2n) is 7.24. The van der Waals surface area contributed by atoms with Gasteiger partial charge in [0.05, 0.1) is 18.7 Å². The van der Waals surface area contributed by atoms with E-state index in [-0.39, 0.29) is 25.3 Å². The van der Waals surface area contributed by atoms with Crippen LogP contribution in [0.5, 0.6) is 0 Å². The number of anilines is 1. The van der Waals surface area contributed by atoms with Crippen LogP contribution < -0.4 is 4.90 Å². The van der Waals surface area contributed by atoms with E-state index in [1.165, 1.54) is 6.42 Å². The Morgan fingerprint density at radius 2 is 1.54 bits per heavy atom. The van der Waals surface area contributed by atoms with Gasteiger partial charge in [-0.3, -0.25) is 14.4 Å². The molecule has 0 saturated carbocycles. The maximum absolute atomic E-state index is 13.0. The summed E-state index contributed by atoms with van der Waals surface area (Å²) in [5.41, 5.74) is 3.19. The van der Waals surface area contributed by atoms with Crippen LogP contribution in [0.3, 0.4) is 0 Å². The molecule has 0 saturated heterocycles. The topological polar surface area (TPSA) is 84.0 Å². The summed E-state index contributed by atoms with van der Waals surface area (Å²) in [6.45, 7) is 16.1. The average Bonchev–Trinajstić information content (AvgIpc) is 3.17. The quantitative estimate of drug-likeness (QED) is 0.517. The molecule has 0 bridgehead atoms. The summed E-state index contributed by atoms with van der Waals surface area (Å²) in [5.74, 6) is -2.63. The van der Waals surface area contributed by atoms with Crippen LogP contribution >= 0.6 is 0 Å². The van der Waals surface area contributed by atoms with E-state index in [1.807, 2.05) is 50.3 Å². The normalized spacial score (nSPS) is 17.0. The number of carbonyl (C=O) groups excluding carboxylic acids is 4. The van der Waals surface area contributed by atoms with Crippen molar-refractivity contribution in [3.05, 3.63) is 84.5 Å². The van der Waals surface area contributed by atoms with Gasteiger partial charge < -0.3 is 9.74 Å². The number of hydrogen-bond donors (Lipinski definition) is 0. The molecular formula is C28H34N2O5. The van der Waals surface area contributed by atoms with Gasteiger partial charge in [0.15, 0.2) is 0 Å². The maximum Gasteiger partial charge on any atom is 0.333 e. The number of benzene rings is 1. The van der Waals surface area contributed by atoms with Gasteiger partial charge in [-0.1, -0.05) is 94.8 Å². The summed E-state index contributed by atoms with van der Waals surface area (Å²) < 4.78 is 0. The summed E-state index contributed by atoms with van der Waals surface area (Å²) in [6.07, 6.45) is 9.99. The van der Waals surface area contributed by atoms with Crippen molar-refractivity contribution in [2.24, 2.45) is 0 Å². The molecule has 35 heavy (non-hydrogen) atoms. The standard InChI is InChI=1S/C23H20N2O5.C3H8.C2H6/c1-3-16-9-10-18-7-5-6-8-19(18)24(15-17(16)4-2)20(26)13-14-23(29)30-25-21(27)11-12-22(25)28;1-3-2;1-2/h3-12H,1-2,13-15H2;3H2,1-2H3;1-2H3/b10-9-,17-16-;;. The van der Waals surface area contributed by atoms with Gasteiger partial charge in [0, 0.05) is 18.6 Å². The van der Waals surface area contributed by atoms with Crippen LogP contribution in [-0.4, -0.2) is 35.3 Å². The number of allylic oxidation sites excluding steroid dienone is 3. The first-order valence-corrected chi connectivity index (χ1v) is 11.7. The number of rotatable bonds is 6. The Hall–Kier alpha value is -4.00. The summed E-state index contributed by atoms with van der Waals surface area (Å²) in [7, 11) is 0. The van der Waals surface area contributed by atoms with Crippen molar-refractivity contribution in [3.8, 4) is 0 Å². The molecule has 0 aromatic heterocycles. The first-order valence-electron chi connectivity index (χ1n) is 11.7. The van der Waals surface area contributed by atoms with E-state index in [2.05, 4.69) is 27.0 Å². The van der Waals surface area contributed by atoms with Crippen molar-refractivity contribution in [2.45, 2.75) is 47.0 Å². The molecule has 7 heteroatoms. The van der Waals surface area contributed by atoms with Crippen LogP contribution in [0.1, 0.15) is 52.5 Å². The highest BCUT2D eigenvalue weighted by Crippen LogP contribution is 2.28. The minimum atomic E-state index is -0.847. The van der Waals surface area contributed by atoms with Crippen molar-refractivity contribution in [1.29, 1.82) is 0 Å². The van der Waals surface area contributed by atoms with Gasteiger partial charge in [-0.2, -0.15) is 0 Å². The van der Waals surface area contributed by atoms with E-state index in [0.29, 0.717) is 10.8 Å². The minimum Gasteiger partial charge on any atom is -0.330 e. The Kier molecular flexibility index (Phi) is 12.4. The lowest BCUT2D eigenvalue weighted by atomic mass is 10.0. The molecule has 0 fully saturated rings. The van der Waals surface area contributed by atoms with Crippen molar-refractivity contribution < 1.29 is 24.0 Å². The van der Waals surface area contributed by atoms with Gasteiger partial charge >= 0.3 is 5.97 Å². The maximum atomic E-state index is 13.0. The van der Waals surface area contributed by atoms with Gasteiger partial charge in [-0.15, -0.1) is 0 Å². The molecular weight excluding hydrogens is 444 g/mol. The molecule has 2 heterocycles. The summed E-state index contributed by atoms with van der Waals surface area (Å²) in [6, 6.07) is 7.40. The lowest BCUT2D eigenvalue weighted by Crippen LogP contribution is -2.35. The second kappa shape index (κ2) is 15.0. The largest absolute Gasteiger partial charge is 0.333 e. The van der Waals surface area contributed by atoms with Gasteiger partial charge in [0.1, 0.15) is 0 Å². The second-order valence-corrected chi connectivity index (χ2v) is 7.24. The highest BCUT2D eigenvalue weighted by molar-refractivity contribution is 6.12. The summed E-state index contributed by atoms with van der Waals surface area (Å²) in [5, 5.41) is 0.373. The zero-order valence-electron chi connectivity index (χ0n) is 21.0. The van der Waals surface area contributed by atoms with Crippen LogP contribution in [0.25, 0.3) is 6.08 Å². The molecule has 0 aliphatic carbocycles. The molecule has 0 spiro atoms. The van der Waals surface area contributed by atoms with E-state index < -0.39 is 17.8 Å². The third kappa shape index (κ3) is 8.07. The Bertz CT molecular complexity index is 1030. The predicted molar refractivity (Wildman–Crippen MR) is 139 cm³/mol. The molecule has 0 unspecified atom stereocenters. The molecule has 2 aliphatic rings. The van der Waals surface area contributed by atoms with E-state index in [4.69, 9.17) is 4.84 Å². The number of hydroxylamine groups is 2. The molecule has 0 radical (unpaired) electrons. The van der Waals surface area contributed by atoms with Gasteiger partial charge in [0.25, 0.3) is 11.8 Å². The Balaban J connectivity index is 0.00000114. The average molecular weight is 479 g/mol. The molecule has 1 aromatic rings. The number of carbonyl (C=O) groups is 4. The third-order valence-electron chi connectivity index (χ3n) is 4.64.